The van der Waals surface area contributed by atoms with Crippen LogP contribution in [0.5, 0.6) is 5.75 Å². The zero-order chi connectivity index (χ0) is 18.5. The lowest BCUT2D eigenvalue weighted by Crippen LogP contribution is -2.37. The molecule has 6 nitrogen and oxygen atoms in total. The summed E-state index contributed by atoms with van der Waals surface area (Å²) in [5.41, 5.74) is 0.877. The third-order valence-electron chi connectivity index (χ3n) is 3.25. The van der Waals surface area contributed by atoms with E-state index >= 15 is 0 Å². The van der Waals surface area contributed by atoms with Gasteiger partial charge < -0.3 is 24.8 Å². The molecule has 0 fully saturated rings. The van der Waals surface area contributed by atoms with E-state index in [1.54, 1.807) is 14.2 Å². The van der Waals surface area contributed by atoms with Crippen molar-refractivity contribution in [3.63, 3.8) is 0 Å². The van der Waals surface area contributed by atoms with Gasteiger partial charge in [0.1, 0.15) is 11.4 Å². The van der Waals surface area contributed by atoms with Crippen molar-refractivity contribution in [2.24, 2.45) is 4.99 Å². The Morgan fingerprint density at radius 2 is 1.81 bits per heavy atom. The van der Waals surface area contributed by atoms with Crippen LogP contribution in [0, 0.1) is 0 Å². The van der Waals surface area contributed by atoms with E-state index in [4.69, 9.17) is 14.2 Å². The van der Waals surface area contributed by atoms with Crippen LogP contribution in [-0.4, -0.2) is 52.1 Å². The van der Waals surface area contributed by atoms with Crippen molar-refractivity contribution < 1.29 is 14.2 Å². The van der Waals surface area contributed by atoms with Crippen molar-refractivity contribution in [3.8, 4) is 5.75 Å². The highest BCUT2D eigenvalue weighted by Gasteiger charge is 2.14. The number of benzene rings is 1. The van der Waals surface area contributed by atoms with Gasteiger partial charge in [-0.3, -0.25) is 4.99 Å². The summed E-state index contributed by atoms with van der Waals surface area (Å²) < 4.78 is 16.4. The summed E-state index contributed by atoms with van der Waals surface area (Å²) in [6.45, 7) is 9.56. The van der Waals surface area contributed by atoms with E-state index < -0.39 is 0 Å². The average molecular weight is 479 g/mol. The number of guanidine groups is 1. The Bertz CT molecular complexity index is 519. The maximum Gasteiger partial charge on any atom is 0.191 e. The van der Waals surface area contributed by atoms with Crippen LogP contribution in [0.15, 0.2) is 29.3 Å². The predicted octanol–water partition coefficient (Wildman–Crippen LogP) is 3.20. The normalized spacial score (nSPS) is 11.7. The molecule has 0 saturated heterocycles. The Balaban J connectivity index is 0.00000625. The fourth-order valence-electron chi connectivity index (χ4n) is 2.10. The van der Waals surface area contributed by atoms with E-state index in [-0.39, 0.29) is 29.6 Å². The van der Waals surface area contributed by atoms with Gasteiger partial charge in [0.2, 0.25) is 0 Å². The maximum atomic E-state index is 6.02. The molecule has 7 heteroatoms. The molecule has 0 spiro atoms. The van der Waals surface area contributed by atoms with Crippen LogP contribution in [-0.2, 0) is 16.0 Å². The third kappa shape index (κ3) is 11.5. The molecular weight excluding hydrogens is 445 g/mol. The summed E-state index contributed by atoms with van der Waals surface area (Å²) in [6, 6.07) is 8.06. The highest BCUT2D eigenvalue weighted by molar-refractivity contribution is 14.0. The molecule has 1 aromatic rings. The summed E-state index contributed by atoms with van der Waals surface area (Å²) in [7, 11) is 3.44. The molecule has 0 aliphatic heterocycles. The van der Waals surface area contributed by atoms with Gasteiger partial charge in [0.25, 0.3) is 0 Å². The molecule has 0 aliphatic carbocycles. The molecule has 0 radical (unpaired) electrons. The van der Waals surface area contributed by atoms with Crippen LogP contribution in [0.25, 0.3) is 0 Å². The summed E-state index contributed by atoms with van der Waals surface area (Å²) in [5.74, 6) is 1.66. The molecule has 0 aliphatic rings. The van der Waals surface area contributed by atoms with E-state index in [0.717, 1.165) is 30.2 Å². The molecule has 150 valence electrons. The second-order valence-corrected chi connectivity index (χ2v) is 6.63. The highest BCUT2D eigenvalue weighted by Crippen LogP contribution is 2.22. The smallest absolute Gasteiger partial charge is 0.191 e. The number of nitrogens with one attached hydrogen (secondary N) is 2. The van der Waals surface area contributed by atoms with Crippen LogP contribution in [0.3, 0.4) is 0 Å². The molecule has 1 rings (SSSR count). The van der Waals surface area contributed by atoms with Gasteiger partial charge in [-0.2, -0.15) is 0 Å². The van der Waals surface area contributed by atoms with Crippen molar-refractivity contribution in [1.82, 2.24) is 10.6 Å². The monoisotopic (exact) mass is 479 g/mol. The minimum absolute atomic E-state index is 0. The molecule has 0 atom stereocenters. The molecule has 0 aromatic heterocycles. The summed E-state index contributed by atoms with van der Waals surface area (Å²) in [6.07, 6.45) is 0.911. The summed E-state index contributed by atoms with van der Waals surface area (Å²) in [5, 5.41) is 6.61. The van der Waals surface area contributed by atoms with E-state index in [2.05, 4.69) is 21.7 Å². The number of rotatable bonds is 10. The van der Waals surface area contributed by atoms with E-state index in [9.17, 15) is 0 Å². The molecule has 1 aromatic carbocycles. The molecular formula is C19H34IN3O3. The second kappa shape index (κ2) is 14.1. The first-order chi connectivity index (χ1) is 12.0. The summed E-state index contributed by atoms with van der Waals surface area (Å²) >= 11 is 0. The number of hydrogen-bond acceptors (Lipinski definition) is 4. The van der Waals surface area contributed by atoms with Gasteiger partial charge >= 0.3 is 0 Å². The number of methoxy groups -OCH3 is 1. The second-order valence-electron chi connectivity index (χ2n) is 6.63. The van der Waals surface area contributed by atoms with Crippen LogP contribution >= 0.6 is 24.0 Å². The van der Waals surface area contributed by atoms with E-state index in [1.165, 1.54) is 0 Å². The van der Waals surface area contributed by atoms with Crippen LogP contribution in [0.4, 0.5) is 0 Å². The Hall–Kier alpha value is -1.06. The van der Waals surface area contributed by atoms with Gasteiger partial charge in [-0.05, 0) is 33.3 Å². The molecule has 0 heterocycles. The molecule has 26 heavy (non-hydrogen) atoms. The van der Waals surface area contributed by atoms with Gasteiger partial charge in [0.05, 0.1) is 13.2 Å². The number of nitrogens with zero attached hydrogens (tertiary/aromatic N) is 1. The zero-order valence-corrected chi connectivity index (χ0v) is 19.0. The topological polar surface area (TPSA) is 64.1 Å². The van der Waals surface area contributed by atoms with Gasteiger partial charge in [0, 0.05) is 39.4 Å². The third-order valence-corrected chi connectivity index (χ3v) is 3.25. The SMILES string of the molecule is CN=C(NCCCOCCOC)NCc1ccccc1OC(C)(C)C.I. The Kier molecular flexibility index (Phi) is 13.5. The number of ether oxygens (including phenoxy) is 3. The fourth-order valence-corrected chi connectivity index (χ4v) is 2.10. The van der Waals surface area contributed by atoms with E-state index in [1.807, 2.05) is 39.0 Å². The lowest BCUT2D eigenvalue weighted by molar-refractivity contribution is 0.0698. The first-order valence-corrected chi connectivity index (χ1v) is 8.74. The molecule has 0 amide bonds. The van der Waals surface area contributed by atoms with Gasteiger partial charge in [-0.25, -0.2) is 0 Å². The Morgan fingerprint density at radius 1 is 1.08 bits per heavy atom. The number of para-hydroxylation sites is 1. The van der Waals surface area contributed by atoms with Gasteiger partial charge in [0.15, 0.2) is 5.96 Å². The van der Waals surface area contributed by atoms with Crippen LogP contribution < -0.4 is 15.4 Å². The quantitative estimate of drug-likeness (QED) is 0.234. The first-order valence-electron chi connectivity index (χ1n) is 8.74. The minimum atomic E-state index is -0.223. The highest BCUT2D eigenvalue weighted by atomic mass is 127. The standard InChI is InChI=1S/C19H33N3O3.HI/c1-19(2,3)25-17-10-7-6-9-16(17)15-22-18(20-4)21-11-8-12-24-14-13-23-5;/h6-7,9-10H,8,11-15H2,1-5H3,(H2,20,21,22);1H. The number of aliphatic imine (C=N–C) groups is 1. The van der Waals surface area contributed by atoms with Crippen molar-refractivity contribution in [3.05, 3.63) is 29.8 Å². The average Bonchev–Trinajstić information content (AvgIpc) is 2.56. The van der Waals surface area contributed by atoms with Crippen molar-refractivity contribution in [2.45, 2.75) is 39.3 Å². The molecule has 0 saturated carbocycles. The summed E-state index contributed by atoms with van der Waals surface area (Å²) in [4.78, 5) is 4.25. The molecule has 0 unspecified atom stereocenters. The van der Waals surface area contributed by atoms with Crippen molar-refractivity contribution >= 4 is 29.9 Å². The predicted molar refractivity (Wildman–Crippen MR) is 118 cm³/mol. The van der Waals surface area contributed by atoms with Gasteiger partial charge in [-0.15, -0.1) is 24.0 Å². The largest absolute Gasteiger partial charge is 0.488 e. The van der Waals surface area contributed by atoms with Crippen molar-refractivity contribution in [2.75, 3.05) is 40.5 Å². The minimum Gasteiger partial charge on any atom is -0.488 e. The fraction of sp³-hybridized carbons (Fsp3) is 0.632. The molecule has 2 N–H and O–H groups in total. The Morgan fingerprint density at radius 3 is 2.46 bits per heavy atom. The van der Waals surface area contributed by atoms with Crippen LogP contribution in [0.1, 0.15) is 32.8 Å². The Labute approximate surface area is 175 Å². The number of halogens is 1. The van der Waals surface area contributed by atoms with Crippen LogP contribution in [0.2, 0.25) is 0 Å². The molecule has 0 bridgehead atoms. The van der Waals surface area contributed by atoms with Gasteiger partial charge in [-0.1, -0.05) is 18.2 Å². The maximum absolute atomic E-state index is 6.02. The number of hydrogen-bond donors (Lipinski definition) is 2. The van der Waals surface area contributed by atoms with Crippen molar-refractivity contribution in [1.29, 1.82) is 0 Å². The lowest BCUT2D eigenvalue weighted by atomic mass is 10.1. The van der Waals surface area contributed by atoms with E-state index in [0.29, 0.717) is 26.4 Å². The zero-order valence-electron chi connectivity index (χ0n) is 16.6. The lowest BCUT2D eigenvalue weighted by Gasteiger charge is -2.23. The first kappa shape index (κ1) is 24.9.